The van der Waals surface area contributed by atoms with Gasteiger partial charge in [-0.1, -0.05) is 18.7 Å². The quantitative estimate of drug-likeness (QED) is 0.393. The molecular weight excluding hydrogens is 556 g/mol. The smallest absolute Gasteiger partial charge is 0.350 e. The Morgan fingerprint density at radius 2 is 1.86 bits per heavy atom. The molecule has 2 aromatic carbocycles. The molecule has 3 aromatic rings. The number of nitrogens with zero attached hydrogens (tertiary/aromatic N) is 5. The van der Waals surface area contributed by atoms with Crippen LogP contribution in [0.15, 0.2) is 52.7 Å². The van der Waals surface area contributed by atoms with Crippen molar-refractivity contribution in [2.75, 3.05) is 43.4 Å². The lowest BCUT2D eigenvalue weighted by Crippen LogP contribution is -2.58. The van der Waals surface area contributed by atoms with Gasteiger partial charge >= 0.3 is 5.69 Å². The Morgan fingerprint density at radius 3 is 2.50 bits per heavy atom. The zero-order valence-corrected chi connectivity index (χ0v) is 25.2. The van der Waals surface area contributed by atoms with Gasteiger partial charge < -0.3 is 9.80 Å². The van der Waals surface area contributed by atoms with Crippen LogP contribution in [0.3, 0.4) is 0 Å². The normalized spacial score (nSPS) is 24.7. The van der Waals surface area contributed by atoms with Gasteiger partial charge in [0.05, 0.1) is 5.52 Å². The maximum absolute atomic E-state index is 14.0. The van der Waals surface area contributed by atoms with E-state index in [9.17, 15) is 18.4 Å². The number of likely N-dealkylation sites (tertiary alicyclic amines) is 1. The number of anilines is 1. The summed E-state index contributed by atoms with van der Waals surface area (Å²) < 4.78 is 29.7. The van der Waals surface area contributed by atoms with Crippen LogP contribution in [-0.4, -0.2) is 82.0 Å². The van der Waals surface area contributed by atoms with Gasteiger partial charge in [0.1, 0.15) is 17.8 Å². The number of alkyl halides is 1. The molecule has 1 unspecified atom stereocenters. The molecule has 0 aliphatic carbocycles. The van der Waals surface area contributed by atoms with E-state index in [2.05, 4.69) is 27.4 Å². The Bertz CT molecular complexity index is 1580. The summed E-state index contributed by atoms with van der Waals surface area (Å²) in [6.45, 7) is 13.2. The predicted octanol–water partition coefficient (Wildman–Crippen LogP) is 4.89. The monoisotopic (exact) mass is 593 g/mol. The first-order chi connectivity index (χ1) is 20.1. The van der Waals surface area contributed by atoms with Crippen LogP contribution in [0.25, 0.3) is 22.0 Å². The summed E-state index contributed by atoms with van der Waals surface area (Å²) in [6, 6.07) is 8.43. The number of thioether (sulfide) groups is 1. The molecule has 0 N–H and O–H groups in total. The van der Waals surface area contributed by atoms with Crippen molar-refractivity contribution in [3.05, 3.63) is 64.9 Å². The average Bonchev–Trinajstić information content (AvgIpc) is 3.26. The van der Waals surface area contributed by atoms with Crippen molar-refractivity contribution in [1.29, 1.82) is 0 Å². The van der Waals surface area contributed by atoms with Gasteiger partial charge in [0.2, 0.25) is 5.91 Å². The first-order valence-electron chi connectivity index (χ1n) is 14.7. The van der Waals surface area contributed by atoms with E-state index in [1.807, 2.05) is 25.7 Å². The zero-order chi connectivity index (χ0) is 29.7. The number of aromatic nitrogens is 2. The van der Waals surface area contributed by atoms with Gasteiger partial charge in [0.25, 0.3) is 0 Å². The van der Waals surface area contributed by atoms with E-state index < -0.39 is 6.17 Å². The fourth-order valence-electron chi connectivity index (χ4n) is 7.02. The van der Waals surface area contributed by atoms with Crippen LogP contribution in [0.5, 0.6) is 0 Å². The first kappa shape index (κ1) is 28.9. The highest BCUT2D eigenvalue weighted by atomic mass is 32.2. The van der Waals surface area contributed by atoms with Crippen LogP contribution in [-0.2, 0) is 11.3 Å². The largest absolute Gasteiger partial charge is 0.352 e. The molecule has 0 radical (unpaired) electrons. The van der Waals surface area contributed by atoms with Gasteiger partial charge in [-0.15, -0.1) is 11.8 Å². The second kappa shape index (κ2) is 11.4. The Morgan fingerprint density at radius 1 is 1.14 bits per heavy atom. The SMILES string of the molecule is C=CC(=O)N1[C@H](C)CN(c2nc(=O)n3c4c(c(-c5ccc(F)cc5)c(C)cc24)SCC(CN2CC[C@H](F)C2)C3)C[C@@H]1C. The summed E-state index contributed by atoms with van der Waals surface area (Å²) in [5.74, 6) is 1.14. The third kappa shape index (κ3) is 5.24. The molecule has 7 nitrogen and oxygen atoms in total. The number of rotatable bonds is 5. The maximum Gasteiger partial charge on any atom is 0.350 e. The van der Waals surface area contributed by atoms with Crippen LogP contribution < -0.4 is 10.6 Å². The lowest BCUT2D eigenvalue weighted by atomic mass is 9.97. The summed E-state index contributed by atoms with van der Waals surface area (Å²) in [4.78, 5) is 38.2. The van der Waals surface area contributed by atoms with Crippen LogP contribution in [0.4, 0.5) is 14.6 Å². The molecule has 1 amide bonds. The number of piperazine rings is 1. The standard InChI is InChI=1S/C32H37F2N5O2S/c1-5-27(40)39-20(3)13-37(14-21(39)4)31-26-12-19(2)28(23-6-8-24(33)9-7-23)30-29(26)38(32(41)35-31)16-22(18-42-30)15-36-11-10-25(34)17-36/h5-9,12,20-22,25H,1,10-11,13-18H2,2-4H3/t20-,21+,22?,25-/m0/s1. The van der Waals surface area contributed by atoms with Crippen LogP contribution in [0.1, 0.15) is 25.8 Å². The minimum absolute atomic E-state index is 0.0909. The molecule has 6 rings (SSSR count). The highest BCUT2D eigenvalue weighted by molar-refractivity contribution is 7.99. The Kier molecular flexibility index (Phi) is 7.87. The molecule has 42 heavy (non-hydrogen) atoms. The van der Waals surface area contributed by atoms with Crippen molar-refractivity contribution >= 4 is 34.4 Å². The van der Waals surface area contributed by atoms with Crippen LogP contribution in [0, 0.1) is 18.7 Å². The molecule has 4 atom stereocenters. The molecule has 2 fully saturated rings. The van der Waals surface area contributed by atoms with E-state index in [1.165, 1.54) is 18.2 Å². The Hall–Kier alpha value is -3.24. The van der Waals surface area contributed by atoms with Gasteiger partial charge in [-0.3, -0.25) is 14.3 Å². The van der Waals surface area contributed by atoms with E-state index >= 15 is 0 Å². The van der Waals surface area contributed by atoms with Crippen molar-refractivity contribution in [2.45, 2.75) is 56.9 Å². The minimum Gasteiger partial charge on any atom is -0.352 e. The fourth-order valence-corrected chi connectivity index (χ4v) is 8.42. The number of carbonyl (C=O) groups is 1. The summed E-state index contributed by atoms with van der Waals surface area (Å²) in [5, 5.41) is 0.897. The van der Waals surface area contributed by atoms with E-state index in [4.69, 9.17) is 0 Å². The van der Waals surface area contributed by atoms with Gasteiger partial charge in [-0.05, 0) is 68.5 Å². The van der Waals surface area contributed by atoms with E-state index in [-0.39, 0.29) is 35.4 Å². The second-order valence-electron chi connectivity index (χ2n) is 12.0. The molecule has 2 saturated heterocycles. The zero-order valence-electron chi connectivity index (χ0n) is 24.4. The number of aryl methyl sites for hydroxylation is 1. The van der Waals surface area contributed by atoms with Gasteiger partial charge in [0, 0.05) is 73.0 Å². The van der Waals surface area contributed by atoms with Crippen molar-refractivity contribution in [3.8, 4) is 11.1 Å². The van der Waals surface area contributed by atoms with Gasteiger partial charge in [-0.2, -0.15) is 4.98 Å². The van der Waals surface area contributed by atoms with E-state index in [1.54, 1.807) is 28.5 Å². The molecule has 4 heterocycles. The highest BCUT2D eigenvalue weighted by Crippen LogP contribution is 2.44. The molecular formula is C32H37F2N5O2S. The molecule has 3 aliphatic heterocycles. The summed E-state index contributed by atoms with van der Waals surface area (Å²) in [6.07, 6.45) is 1.11. The van der Waals surface area contributed by atoms with Gasteiger partial charge in [-0.25, -0.2) is 13.6 Å². The Balaban J connectivity index is 1.49. The van der Waals surface area contributed by atoms with Crippen molar-refractivity contribution in [2.24, 2.45) is 5.92 Å². The Labute approximate surface area is 249 Å². The van der Waals surface area contributed by atoms with E-state index in [0.29, 0.717) is 38.4 Å². The number of amides is 1. The summed E-state index contributed by atoms with van der Waals surface area (Å²) >= 11 is 1.72. The number of hydrogen-bond donors (Lipinski definition) is 0. The van der Waals surface area contributed by atoms with Crippen molar-refractivity contribution in [1.82, 2.24) is 19.4 Å². The topological polar surface area (TPSA) is 61.7 Å². The van der Waals surface area contributed by atoms with Gasteiger partial charge in [0.15, 0.2) is 0 Å². The number of hydrogen-bond acceptors (Lipinski definition) is 6. The van der Waals surface area contributed by atoms with Crippen LogP contribution in [0.2, 0.25) is 0 Å². The van der Waals surface area contributed by atoms with E-state index in [0.717, 1.165) is 51.3 Å². The number of halogens is 2. The third-order valence-corrected chi connectivity index (χ3v) is 10.1. The molecule has 1 aromatic heterocycles. The van der Waals surface area contributed by atoms with Crippen LogP contribution >= 0.6 is 11.8 Å². The van der Waals surface area contributed by atoms with Crippen molar-refractivity contribution < 1.29 is 13.6 Å². The molecule has 0 saturated carbocycles. The third-order valence-electron chi connectivity index (χ3n) is 8.81. The first-order valence-corrected chi connectivity index (χ1v) is 15.7. The maximum atomic E-state index is 14.0. The number of carbonyl (C=O) groups excluding carboxylic acids is 1. The molecule has 0 spiro atoms. The fraction of sp³-hybridized carbons (Fsp3) is 0.469. The minimum atomic E-state index is -0.796. The van der Waals surface area contributed by atoms with Crippen molar-refractivity contribution in [3.63, 3.8) is 0 Å². The molecule has 3 aliphatic rings. The number of benzene rings is 2. The summed E-state index contributed by atoms with van der Waals surface area (Å²) in [5.41, 5.74) is 3.44. The lowest BCUT2D eigenvalue weighted by molar-refractivity contribution is -0.130. The molecule has 10 heteroatoms. The lowest BCUT2D eigenvalue weighted by Gasteiger charge is -2.44. The summed E-state index contributed by atoms with van der Waals surface area (Å²) in [7, 11) is 0. The highest BCUT2D eigenvalue weighted by Gasteiger charge is 2.35. The molecule has 222 valence electrons. The molecule has 0 bridgehead atoms. The predicted molar refractivity (Wildman–Crippen MR) is 164 cm³/mol. The average molecular weight is 594 g/mol. The second-order valence-corrected chi connectivity index (χ2v) is 13.0.